The third-order valence-corrected chi connectivity index (χ3v) is 5.71. The molecule has 2 aromatic rings. The van der Waals surface area contributed by atoms with Crippen LogP contribution in [0.2, 0.25) is 0 Å². The van der Waals surface area contributed by atoms with E-state index in [0.717, 1.165) is 0 Å². The normalized spacial score (nSPS) is 12.5. The summed E-state index contributed by atoms with van der Waals surface area (Å²) in [6, 6.07) is 9.87. The molecule has 2 rings (SSSR count). The Morgan fingerprint density at radius 3 is 2.20 bits per heavy atom. The Kier molecular flexibility index (Phi) is 11.8. The number of alkyl carbamates (subject to hydrolysis) is 1. The van der Waals surface area contributed by atoms with Crippen molar-refractivity contribution in [1.29, 1.82) is 0 Å². The molecule has 218 valence electrons. The number of carbonyl (C=O) groups excluding carboxylic acids is 4. The van der Waals surface area contributed by atoms with Crippen molar-refractivity contribution in [2.45, 2.75) is 65.1 Å². The average Bonchev–Trinajstić information content (AvgIpc) is 2.87. The van der Waals surface area contributed by atoms with Crippen molar-refractivity contribution >= 4 is 23.9 Å². The molecule has 0 aliphatic carbocycles. The van der Waals surface area contributed by atoms with E-state index in [0.29, 0.717) is 5.56 Å². The lowest BCUT2D eigenvalue weighted by atomic mass is 9.99. The highest BCUT2D eigenvalue weighted by Gasteiger charge is 2.36. The quantitative estimate of drug-likeness (QED) is 0.290. The Labute approximate surface area is 234 Å². The van der Waals surface area contributed by atoms with Crippen molar-refractivity contribution in [3.8, 4) is 11.5 Å². The molecule has 2 atom stereocenters. The molecule has 11 heteroatoms. The van der Waals surface area contributed by atoms with Crippen LogP contribution >= 0.6 is 0 Å². The number of nitrogens with one attached hydrogen (secondary N) is 2. The van der Waals surface area contributed by atoms with E-state index in [1.54, 1.807) is 58.9 Å². The predicted octanol–water partition coefficient (Wildman–Crippen LogP) is 3.19. The maximum absolute atomic E-state index is 14.0. The van der Waals surface area contributed by atoms with Gasteiger partial charge in [0.15, 0.2) is 0 Å². The molecular weight excluding hydrogens is 518 g/mol. The van der Waals surface area contributed by atoms with Crippen LogP contribution in [0, 0.1) is 0 Å². The summed E-state index contributed by atoms with van der Waals surface area (Å²) < 4.78 is 10.3. The lowest BCUT2D eigenvalue weighted by molar-refractivity contribution is -0.144. The summed E-state index contributed by atoms with van der Waals surface area (Å²) in [5, 5.41) is 25.5. The molecule has 0 aliphatic rings. The Morgan fingerprint density at radius 2 is 1.62 bits per heavy atom. The van der Waals surface area contributed by atoms with Crippen LogP contribution in [0.5, 0.6) is 11.5 Å². The van der Waals surface area contributed by atoms with E-state index in [4.69, 9.17) is 9.47 Å². The van der Waals surface area contributed by atoms with Crippen molar-refractivity contribution in [2.24, 2.45) is 0 Å². The Hall–Kier alpha value is -4.28. The second-order valence-corrected chi connectivity index (χ2v) is 10.0. The van der Waals surface area contributed by atoms with Gasteiger partial charge in [0.2, 0.25) is 11.8 Å². The molecule has 0 heterocycles. The number of aromatic hydroxyl groups is 2. The van der Waals surface area contributed by atoms with Crippen LogP contribution in [0.1, 0.15) is 58.2 Å². The lowest BCUT2D eigenvalue weighted by Gasteiger charge is -2.34. The molecule has 40 heavy (non-hydrogen) atoms. The van der Waals surface area contributed by atoms with E-state index in [2.05, 4.69) is 10.6 Å². The van der Waals surface area contributed by atoms with Crippen LogP contribution in [0.25, 0.3) is 0 Å². The number of ether oxygens (including phenoxy) is 2. The summed E-state index contributed by atoms with van der Waals surface area (Å²) in [5.41, 5.74) is -0.00840. The number of phenolic OH excluding ortho intramolecular Hbond substituents is 2. The molecule has 0 aliphatic heterocycles. The predicted molar refractivity (Wildman–Crippen MR) is 147 cm³/mol. The molecule has 3 amide bonds. The number of nitrogens with zero attached hydrogens (tertiary/aromatic N) is 1. The molecule has 0 saturated carbocycles. The topological polar surface area (TPSA) is 154 Å². The van der Waals surface area contributed by atoms with Crippen LogP contribution in [0.4, 0.5) is 4.79 Å². The van der Waals surface area contributed by atoms with Crippen LogP contribution in [0.3, 0.4) is 0 Å². The van der Waals surface area contributed by atoms with Gasteiger partial charge in [0.05, 0.1) is 13.0 Å². The molecular formula is C29H39N3O8. The van der Waals surface area contributed by atoms with Crippen LogP contribution in [-0.4, -0.2) is 70.3 Å². The SMILES string of the molecule is CCOC(=O)CCNC(=O)C(c1ccccc1O)N(CC)C(=O)C(Cc1ccc(O)cc1)NC(=O)OC(C)(C)C. The molecule has 2 unspecified atom stereocenters. The first-order chi connectivity index (χ1) is 18.9. The number of hydrogen-bond donors (Lipinski definition) is 4. The smallest absolute Gasteiger partial charge is 0.408 e. The molecule has 0 fully saturated rings. The Balaban J connectivity index is 2.43. The lowest BCUT2D eigenvalue weighted by Crippen LogP contribution is -2.53. The molecule has 2 aromatic carbocycles. The van der Waals surface area contributed by atoms with Gasteiger partial charge in [-0.2, -0.15) is 0 Å². The fraction of sp³-hybridized carbons (Fsp3) is 0.448. The number of amides is 3. The first-order valence-electron chi connectivity index (χ1n) is 13.1. The number of benzene rings is 2. The van der Waals surface area contributed by atoms with E-state index in [-0.39, 0.29) is 49.6 Å². The highest BCUT2D eigenvalue weighted by Crippen LogP contribution is 2.30. The summed E-state index contributed by atoms with van der Waals surface area (Å²) in [4.78, 5) is 53.2. The number of likely N-dealkylation sites (N-methyl/N-ethyl adjacent to an activating group) is 1. The van der Waals surface area contributed by atoms with Gasteiger partial charge in [-0.05, 0) is 58.4 Å². The number of carbonyl (C=O) groups is 4. The number of hydrogen-bond acceptors (Lipinski definition) is 8. The van der Waals surface area contributed by atoms with Gasteiger partial charge in [-0.25, -0.2) is 4.79 Å². The van der Waals surface area contributed by atoms with Crippen molar-refractivity contribution < 1.29 is 38.9 Å². The molecule has 0 bridgehead atoms. The van der Waals surface area contributed by atoms with Crippen molar-refractivity contribution in [1.82, 2.24) is 15.5 Å². The van der Waals surface area contributed by atoms with Gasteiger partial charge in [0.1, 0.15) is 29.2 Å². The van der Waals surface area contributed by atoms with E-state index in [1.807, 2.05) is 0 Å². The van der Waals surface area contributed by atoms with Gasteiger partial charge >= 0.3 is 12.1 Å². The maximum Gasteiger partial charge on any atom is 0.408 e. The summed E-state index contributed by atoms with van der Waals surface area (Å²) >= 11 is 0. The highest BCUT2D eigenvalue weighted by molar-refractivity contribution is 5.92. The summed E-state index contributed by atoms with van der Waals surface area (Å²) in [6.45, 7) is 8.63. The van der Waals surface area contributed by atoms with E-state index in [1.165, 1.54) is 29.2 Å². The fourth-order valence-corrected chi connectivity index (χ4v) is 3.97. The molecule has 0 aromatic heterocycles. The molecule has 4 N–H and O–H groups in total. The zero-order valence-electron chi connectivity index (χ0n) is 23.6. The van der Waals surface area contributed by atoms with Crippen molar-refractivity contribution in [3.63, 3.8) is 0 Å². The van der Waals surface area contributed by atoms with Gasteiger partial charge in [-0.15, -0.1) is 0 Å². The van der Waals surface area contributed by atoms with Crippen LogP contribution in [-0.2, 0) is 30.3 Å². The zero-order valence-corrected chi connectivity index (χ0v) is 23.6. The van der Waals surface area contributed by atoms with Crippen LogP contribution < -0.4 is 10.6 Å². The standard InChI is InChI=1S/C29H39N3O8/c1-6-32(25(21-10-8-9-11-23(21)34)26(36)30-17-16-24(35)39-7-2)27(37)22(31-28(38)40-29(3,4)5)18-19-12-14-20(33)15-13-19/h8-15,22,25,33-34H,6-7,16-18H2,1-5H3,(H,30,36)(H,31,38). The zero-order chi connectivity index (χ0) is 29.9. The van der Waals surface area contributed by atoms with Crippen LogP contribution in [0.15, 0.2) is 48.5 Å². The first kappa shape index (κ1) is 31.9. The van der Waals surface area contributed by atoms with Gasteiger partial charge in [0.25, 0.3) is 0 Å². The molecule has 0 saturated heterocycles. The van der Waals surface area contributed by atoms with Gasteiger partial charge in [0, 0.05) is 25.1 Å². The van der Waals surface area contributed by atoms with Gasteiger partial charge in [-0.1, -0.05) is 30.3 Å². The second kappa shape index (κ2) is 14.8. The maximum atomic E-state index is 14.0. The van der Waals surface area contributed by atoms with Crippen molar-refractivity contribution in [3.05, 3.63) is 59.7 Å². The van der Waals surface area contributed by atoms with Crippen molar-refractivity contribution in [2.75, 3.05) is 19.7 Å². The minimum atomic E-state index is -1.27. The summed E-state index contributed by atoms with van der Waals surface area (Å²) in [7, 11) is 0. The minimum Gasteiger partial charge on any atom is -0.508 e. The van der Waals surface area contributed by atoms with Gasteiger partial charge in [-0.3, -0.25) is 14.4 Å². The average molecular weight is 558 g/mol. The largest absolute Gasteiger partial charge is 0.508 e. The molecule has 11 nitrogen and oxygen atoms in total. The molecule has 0 spiro atoms. The second-order valence-electron chi connectivity index (χ2n) is 10.0. The number of phenols is 2. The number of rotatable bonds is 12. The Morgan fingerprint density at radius 1 is 0.975 bits per heavy atom. The fourth-order valence-electron chi connectivity index (χ4n) is 3.97. The third kappa shape index (κ3) is 9.79. The highest BCUT2D eigenvalue weighted by atomic mass is 16.6. The van der Waals surface area contributed by atoms with Gasteiger partial charge < -0.3 is 35.2 Å². The number of para-hydroxylation sites is 1. The monoisotopic (exact) mass is 557 g/mol. The number of esters is 1. The summed E-state index contributed by atoms with van der Waals surface area (Å²) in [5.74, 6) is -1.87. The molecule has 0 radical (unpaired) electrons. The van der Waals surface area contributed by atoms with E-state index in [9.17, 15) is 29.4 Å². The van der Waals surface area contributed by atoms with E-state index < -0.39 is 41.6 Å². The van der Waals surface area contributed by atoms with E-state index >= 15 is 0 Å². The minimum absolute atomic E-state index is 0.0345. The third-order valence-electron chi connectivity index (χ3n) is 5.71. The summed E-state index contributed by atoms with van der Waals surface area (Å²) in [6.07, 6.45) is -0.859. The Bertz CT molecular complexity index is 1160. The first-order valence-corrected chi connectivity index (χ1v) is 13.1.